The van der Waals surface area contributed by atoms with E-state index < -0.39 is 54.2 Å². The number of aliphatic hydroxyl groups is 1. The SMILES string of the molecule is Nc1ccn([C@H]2CC(O)[C@@H](COP(=O)([O-])OP(=O)([O-])OP(=O)([O-])O)O2)c(=O)n1. The molecule has 4 N–H and O–H groups in total. The highest BCUT2D eigenvalue weighted by Gasteiger charge is 2.37. The summed E-state index contributed by atoms with van der Waals surface area (Å²) >= 11 is 0. The minimum Gasteiger partial charge on any atom is -0.756 e. The van der Waals surface area contributed by atoms with Gasteiger partial charge in [-0.2, -0.15) is 4.98 Å². The van der Waals surface area contributed by atoms with E-state index in [1.807, 2.05) is 0 Å². The van der Waals surface area contributed by atoms with Crippen molar-refractivity contribution in [2.75, 3.05) is 12.3 Å². The summed E-state index contributed by atoms with van der Waals surface area (Å²) in [7, 11) is -17.6. The number of ether oxygens (including phenoxy) is 1. The Labute approximate surface area is 155 Å². The topological polar surface area (TPSA) is 259 Å². The van der Waals surface area contributed by atoms with Crippen molar-refractivity contribution in [2.24, 2.45) is 0 Å². The van der Waals surface area contributed by atoms with Crippen LogP contribution in [0.1, 0.15) is 12.6 Å². The lowest BCUT2D eigenvalue weighted by Gasteiger charge is -2.33. The summed E-state index contributed by atoms with van der Waals surface area (Å²) in [4.78, 5) is 56.4. The summed E-state index contributed by atoms with van der Waals surface area (Å²) in [5.41, 5.74) is 4.54. The molecule has 1 aliphatic heterocycles. The number of phosphoric ester groups is 1. The Morgan fingerprint density at radius 3 is 2.50 bits per heavy atom. The Balaban J connectivity index is 1.98. The average Bonchev–Trinajstić information content (AvgIpc) is 2.82. The monoisotopic (exact) mass is 464 g/mol. The summed E-state index contributed by atoms with van der Waals surface area (Å²) in [5, 5.41) is 9.90. The van der Waals surface area contributed by atoms with Crippen molar-refractivity contribution in [1.82, 2.24) is 9.55 Å². The molecule has 19 heteroatoms. The minimum atomic E-state index is -6.03. The molecular weight excluding hydrogens is 451 g/mol. The van der Waals surface area contributed by atoms with E-state index in [1.165, 1.54) is 12.3 Å². The summed E-state index contributed by atoms with van der Waals surface area (Å²) in [6.07, 6.45) is -2.66. The number of aliphatic hydroxyl groups excluding tert-OH is 1. The number of anilines is 1. The van der Waals surface area contributed by atoms with Crippen LogP contribution < -0.4 is 26.1 Å². The number of aromatic nitrogens is 2. The number of phosphoric acid groups is 3. The maximum Gasteiger partial charge on any atom is 0.351 e. The average molecular weight is 464 g/mol. The molecule has 0 amide bonds. The van der Waals surface area contributed by atoms with E-state index >= 15 is 0 Å². The fraction of sp³-hybridized carbons (Fsp3) is 0.556. The predicted molar refractivity (Wildman–Crippen MR) is 80.6 cm³/mol. The van der Waals surface area contributed by atoms with Crippen LogP contribution >= 0.6 is 23.5 Å². The maximum atomic E-state index is 11.7. The number of rotatable bonds is 8. The van der Waals surface area contributed by atoms with Crippen molar-refractivity contribution >= 4 is 29.3 Å². The van der Waals surface area contributed by atoms with E-state index in [4.69, 9.17) is 15.4 Å². The Morgan fingerprint density at radius 1 is 1.29 bits per heavy atom. The third kappa shape index (κ3) is 6.81. The zero-order valence-corrected chi connectivity index (χ0v) is 16.2. The van der Waals surface area contributed by atoms with Gasteiger partial charge in [0, 0.05) is 12.6 Å². The molecule has 6 atom stereocenters. The van der Waals surface area contributed by atoms with Gasteiger partial charge in [-0.3, -0.25) is 18.3 Å². The van der Waals surface area contributed by atoms with Crippen molar-refractivity contribution in [1.29, 1.82) is 0 Å². The van der Waals surface area contributed by atoms with E-state index in [0.717, 1.165) is 4.57 Å². The number of hydrogen-bond acceptors (Lipinski definition) is 14. The van der Waals surface area contributed by atoms with Gasteiger partial charge in [-0.25, -0.2) is 13.4 Å². The number of nitrogen functional groups attached to an aromatic ring is 1. The van der Waals surface area contributed by atoms with Gasteiger partial charge in [-0.05, 0) is 6.07 Å². The molecular formula is C9H13N3O13P3-3. The Kier molecular flexibility index (Phi) is 6.99. The lowest BCUT2D eigenvalue weighted by molar-refractivity contribution is -0.250. The first kappa shape index (κ1) is 23.3. The van der Waals surface area contributed by atoms with Crippen LogP contribution in [0.2, 0.25) is 0 Å². The lowest BCUT2D eigenvalue weighted by Crippen LogP contribution is -2.29. The van der Waals surface area contributed by atoms with Gasteiger partial charge in [0.15, 0.2) is 0 Å². The third-order valence-electron chi connectivity index (χ3n) is 3.17. The Hall–Kier alpha value is -0.990. The zero-order valence-electron chi connectivity index (χ0n) is 13.5. The van der Waals surface area contributed by atoms with Gasteiger partial charge in [0.25, 0.3) is 23.5 Å². The highest BCUT2D eigenvalue weighted by atomic mass is 31.3. The molecule has 1 saturated heterocycles. The number of nitrogens with two attached hydrogens (primary N) is 1. The lowest BCUT2D eigenvalue weighted by atomic mass is 10.2. The molecule has 1 aromatic heterocycles. The summed E-state index contributed by atoms with van der Waals surface area (Å²) in [5.74, 6) is -0.0566. The molecule has 0 bridgehead atoms. The summed E-state index contributed by atoms with van der Waals surface area (Å²) in [6.45, 7) is -0.955. The van der Waals surface area contributed by atoms with Gasteiger partial charge in [0.1, 0.15) is 18.1 Å². The first-order chi connectivity index (χ1) is 12.7. The van der Waals surface area contributed by atoms with Crippen LogP contribution in [0.15, 0.2) is 17.1 Å². The minimum absolute atomic E-state index is 0.0566. The Morgan fingerprint density at radius 2 is 1.93 bits per heavy atom. The second-order valence-electron chi connectivity index (χ2n) is 5.30. The molecule has 0 spiro atoms. The van der Waals surface area contributed by atoms with Gasteiger partial charge in [0.2, 0.25) is 0 Å². The van der Waals surface area contributed by atoms with Crippen molar-refractivity contribution in [3.8, 4) is 0 Å². The first-order valence-corrected chi connectivity index (χ1v) is 11.5. The van der Waals surface area contributed by atoms with Gasteiger partial charge in [0.05, 0.1) is 12.7 Å². The van der Waals surface area contributed by atoms with Gasteiger partial charge < -0.3 is 39.7 Å². The van der Waals surface area contributed by atoms with Gasteiger partial charge in [-0.1, -0.05) is 0 Å². The van der Waals surface area contributed by atoms with Crippen LogP contribution in [-0.2, 0) is 31.6 Å². The summed E-state index contributed by atoms with van der Waals surface area (Å²) in [6, 6.07) is 1.28. The molecule has 1 aromatic rings. The molecule has 0 aromatic carbocycles. The second-order valence-corrected chi connectivity index (χ2v) is 9.59. The number of hydrogen-bond donors (Lipinski definition) is 3. The smallest absolute Gasteiger partial charge is 0.351 e. The van der Waals surface area contributed by atoms with Crippen molar-refractivity contribution < 1.29 is 56.3 Å². The second kappa shape index (κ2) is 8.40. The highest BCUT2D eigenvalue weighted by molar-refractivity contribution is 7.65. The van der Waals surface area contributed by atoms with Crippen molar-refractivity contribution in [3.63, 3.8) is 0 Å². The third-order valence-corrected chi connectivity index (χ3v) is 6.86. The van der Waals surface area contributed by atoms with Crippen LogP contribution in [-0.4, -0.2) is 38.4 Å². The molecule has 2 rings (SSSR count). The van der Waals surface area contributed by atoms with Crippen LogP contribution in [0.5, 0.6) is 0 Å². The molecule has 0 saturated carbocycles. The fourth-order valence-electron chi connectivity index (χ4n) is 2.13. The molecule has 1 fully saturated rings. The molecule has 2 heterocycles. The molecule has 4 unspecified atom stereocenters. The van der Waals surface area contributed by atoms with Crippen LogP contribution in [0, 0.1) is 0 Å². The number of nitrogens with zero attached hydrogens (tertiary/aromatic N) is 2. The van der Waals surface area contributed by atoms with Crippen LogP contribution in [0.3, 0.4) is 0 Å². The molecule has 1 aliphatic rings. The normalized spacial score (nSPS) is 29.0. The predicted octanol–water partition coefficient (Wildman–Crippen LogP) is -3.08. The quantitative estimate of drug-likeness (QED) is 0.322. The maximum absolute atomic E-state index is 11.7. The highest BCUT2D eigenvalue weighted by Crippen LogP contribution is 2.61. The fourth-order valence-corrected chi connectivity index (χ4v) is 5.03. The Bertz CT molecular complexity index is 914. The van der Waals surface area contributed by atoms with E-state index in [2.05, 4.69) is 18.1 Å². The van der Waals surface area contributed by atoms with E-state index in [0.29, 0.717) is 0 Å². The largest absolute Gasteiger partial charge is 0.756 e. The van der Waals surface area contributed by atoms with Crippen LogP contribution in [0.25, 0.3) is 0 Å². The summed E-state index contributed by atoms with van der Waals surface area (Å²) < 4.78 is 49.9. The standard InChI is InChI=1S/C9H16N3O13P3/c10-7-1-2-12(9(14)11-7)8-3-5(13)6(23-8)4-22-27(18,19)25-28(20,21)24-26(15,16)17/h1-2,5-6,8,13H,3-4H2,(H,18,19)(H,20,21)(H2,10,11,14)(H2,15,16,17)/p-3/t5?,6-,8-/m1/s1. The molecule has 160 valence electrons. The van der Waals surface area contributed by atoms with E-state index in [9.17, 15) is 38.3 Å². The zero-order chi connectivity index (χ0) is 21.3. The van der Waals surface area contributed by atoms with Gasteiger partial charge >= 0.3 is 5.69 Å². The molecule has 28 heavy (non-hydrogen) atoms. The van der Waals surface area contributed by atoms with Gasteiger partial charge in [-0.15, -0.1) is 0 Å². The van der Waals surface area contributed by atoms with Crippen molar-refractivity contribution in [3.05, 3.63) is 22.7 Å². The first-order valence-electron chi connectivity index (χ1n) is 7.09. The van der Waals surface area contributed by atoms with Crippen LogP contribution in [0.4, 0.5) is 5.82 Å². The molecule has 0 aliphatic carbocycles. The van der Waals surface area contributed by atoms with E-state index in [1.54, 1.807) is 0 Å². The molecule has 16 nitrogen and oxygen atoms in total. The van der Waals surface area contributed by atoms with Crippen molar-refractivity contribution in [2.45, 2.75) is 24.9 Å². The van der Waals surface area contributed by atoms with E-state index in [-0.39, 0.29) is 12.2 Å². The molecule has 0 radical (unpaired) electrons.